The lowest BCUT2D eigenvalue weighted by atomic mass is 10.2. The van der Waals surface area contributed by atoms with Gasteiger partial charge in [0, 0.05) is 45.0 Å². The number of aromatic nitrogens is 4. The van der Waals surface area contributed by atoms with Gasteiger partial charge < -0.3 is 15.5 Å². The largest absolute Gasteiger partial charge is 0.368 e. The molecule has 2 N–H and O–H groups in total. The van der Waals surface area contributed by atoms with Crippen LogP contribution in [0, 0.1) is 20.8 Å². The van der Waals surface area contributed by atoms with Crippen LogP contribution in [0.25, 0.3) is 0 Å². The first kappa shape index (κ1) is 18.2. The molecular weight excluding hydrogens is 330 g/mol. The van der Waals surface area contributed by atoms with E-state index in [1.54, 1.807) is 4.68 Å². The van der Waals surface area contributed by atoms with E-state index in [0.717, 1.165) is 41.9 Å². The molecule has 3 rings (SSSR count). The van der Waals surface area contributed by atoms with E-state index in [-0.39, 0.29) is 5.91 Å². The van der Waals surface area contributed by atoms with Crippen molar-refractivity contribution in [2.45, 2.75) is 33.6 Å². The summed E-state index contributed by atoms with van der Waals surface area (Å²) in [4.78, 5) is 23.6. The standard InChI is InChI=1S/C18H27N7O/c1-12-17(13(2)24(4)23-12)18(26)20-8-7-19-15-11-16(22-14(3)21-15)25-9-5-6-10-25/h11H,5-10H2,1-4H3,(H,20,26)(H,19,21,22). The van der Waals surface area contributed by atoms with E-state index in [0.29, 0.717) is 18.7 Å². The van der Waals surface area contributed by atoms with Crippen molar-refractivity contribution >= 4 is 17.5 Å². The van der Waals surface area contributed by atoms with Crippen LogP contribution in [0.5, 0.6) is 0 Å². The predicted molar refractivity (Wildman–Crippen MR) is 102 cm³/mol. The van der Waals surface area contributed by atoms with Gasteiger partial charge in [0.1, 0.15) is 17.5 Å². The molecule has 140 valence electrons. The SMILES string of the molecule is Cc1nc(NCCNC(=O)c2c(C)nn(C)c2C)cc(N2CCCC2)n1. The Hall–Kier alpha value is -2.64. The molecule has 0 radical (unpaired) electrons. The second-order valence-corrected chi connectivity index (χ2v) is 6.70. The molecule has 1 fully saturated rings. The number of hydrogen-bond donors (Lipinski definition) is 2. The van der Waals surface area contributed by atoms with Crippen molar-refractivity contribution < 1.29 is 4.79 Å². The number of hydrogen-bond acceptors (Lipinski definition) is 6. The highest BCUT2D eigenvalue weighted by Crippen LogP contribution is 2.20. The summed E-state index contributed by atoms with van der Waals surface area (Å²) in [6.45, 7) is 8.86. The van der Waals surface area contributed by atoms with Gasteiger partial charge in [0.05, 0.1) is 11.3 Å². The maximum atomic E-state index is 12.4. The van der Waals surface area contributed by atoms with E-state index >= 15 is 0 Å². The smallest absolute Gasteiger partial charge is 0.255 e. The Morgan fingerprint density at radius 2 is 1.88 bits per heavy atom. The molecule has 0 saturated carbocycles. The van der Waals surface area contributed by atoms with Gasteiger partial charge in [-0.05, 0) is 33.6 Å². The monoisotopic (exact) mass is 357 g/mol. The van der Waals surface area contributed by atoms with Crippen LogP contribution < -0.4 is 15.5 Å². The lowest BCUT2D eigenvalue weighted by Gasteiger charge is -2.17. The minimum Gasteiger partial charge on any atom is -0.368 e. The minimum atomic E-state index is -0.0912. The third-order valence-corrected chi connectivity index (χ3v) is 4.71. The van der Waals surface area contributed by atoms with E-state index in [1.807, 2.05) is 33.9 Å². The number of anilines is 2. The molecule has 0 spiro atoms. The third kappa shape index (κ3) is 3.95. The predicted octanol–water partition coefficient (Wildman–Crippen LogP) is 1.58. The van der Waals surface area contributed by atoms with Gasteiger partial charge in [-0.15, -0.1) is 0 Å². The zero-order valence-corrected chi connectivity index (χ0v) is 16.0. The first-order chi connectivity index (χ1) is 12.5. The minimum absolute atomic E-state index is 0.0912. The van der Waals surface area contributed by atoms with E-state index < -0.39 is 0 Å². The molecule has 2 aromatic rings. The molecule has 0 bridgehead atoms. The molecule has 1 aliphatic heterocycles. The number of nitrogens with zero attached hydrogens (tertiary/aromatic N) is 5. The van der Waals surface area contributed by atoms with Crippen LogP contribution in [-0.4, -0.2) is 51.8 Å². The zero-order chi connectivity index (χ0) is 18.7. The van der Waals surface area contributed by atoms with Gasteiger partial charge in [0.25, 0.3) is 5.91 Å². The van der Waals surface area contributed by atoms with Crippen LogP contribution >= 0.6 is 0 Å². The molecule has 0 atom stereocenters. The Morgan fingerprint density at radius 1 is 1.15 bits per heavy atom. The Kier molecular flexibility index (Phi) is 5.39. The van der Waals surface area contributed by atoms with Crippen LogP contribution in [0.3, 0.4) is 0 Å². The van der Waals surface area contributed by atoms with Crippen molar-refractivity contribution in [1.29, 1.82) is 0 Å². The average Bonchev–Trinajstić information content (AvgIpc) is 3.20. The molecule has 8 nitrogen and oxygen atoms in total. The van der Waals surface area contributed by atoms with Gasteiger partial charge >= 0.3 is 0 Å². The quantitative estimate of drug-likeness (QED) is 0.763. The zero-order valence-electron chi connectivity index (χ0n) is 16.0. The number of rotatable bonds is 6. The summed E-state index contributed by atoms with van der Waals surface area (Å²) in [5.41, 5.74) is 2.27. The van der Waals surface area contributed by atoms with Crippen LogP contribution in [0.1, 0.15) is 40.4 Å². The van der Waals surface area contributed by atoms with Crippen LogP contribution in [0.15, 0.2) is 6.07 Å². The van der Waals surface area contributed by atoms with Crippen LogP contribution in [0.4, 0.5) is 11.6 Å². The van der Waals surface area contributed by atoms with Crippen molar-refractivity contribution in [1.82, 2.24) is 25.1 Å². The Morgan fingerprint density at radius 3 is 2.54 bits per heavy atom. The number of carbonyl (C=O) groups excluding carboxylic acids is 1. The topological polar surface area (TPSA) is 88.0 Å². The van der Waals surface area contributed by atoms with Gasteiger partial charge in [-0.2, -0.15) is 5.10 Å². The Labute approximate surface area is 154 Å². The van der Waals surface area contributed by atoms with Crippen LogP contribution in [-0.2, 0) is 7.05 Å². The summed E-state index contributed by atoms with van der Waals surface area (Å²) in [6, 6.07) is 1.98. The highest BCUT2D eigenvalue weighted by atomic mass is 16.1. The van der Waals surface area contributed by atoms with Crippen LogP contribution in [0.2, 0.25) is 0 Å². The van der Waals surface area contributed by atoms with Gasteiger partial charge in [0.15, 0.2) is 0 Å². The third-order valence-electron chi connectivity index (χ3n) is 4.71. The molecule has 1 amide bonds. The molecule has 0 unspecified atom stereocenters. The normalized spacial score (nSPS) is 13.9. The number of amides is 1. The first-order valence-corrected chi connectivity index (χ1v) is 9.08. The van der Waals surface area contributed by atoms with Crippen molar-refractivity contribution in [3.63, 3.8) is 0 Å². The van der Waals surface area contributed by atoms with E-state index in [4.69, 9.17) is 0 Å². The molecule has 0 aromatic carbocycles. The van der Waals surface area contributed by atoms with Crippen molar-refractivity contribution in [3.05, 3.63) is 28.8 Å². The summed E-state index contributed by atoms with van der Waals surface area (Å²) >= 11 is 0. The maximum absolute atomic E-state index is 12.4. The van der Waals surface area contributed by atoms with E-state index in [9.17, 15) is 4.79 Å². The van der Waals surface area contributed by atoms with Gasteiger partial charge in [0.2, 0.25) is 0 Å². The summed E-state index contributed by atoms with van der Waals surface area (Å²) in [5, 5.41) is 10.5. The summed E-state index contributed by atoms with van der Waals surface area (Å²) < 4.78 is 1.73. The molecule has 1 aliphatic rings. The van der Waals surface area contributed by atoms with E-state index in [1.165, 1.54) is 12.8 Å². The van der Waals surface area contributed by atoms with Gasteiger partial charge in [-0.3, -0.25) is 9.48 Å². The number of nitrogens with one attached hydrogen (secondary N) is 2. The number of carbonyl (C=O) groups is 1. The second-order valence-electron chi connectivity index (χ2n) is 6.70. The highest BCUT2D eigenvalue weighted by molar-refractivity contribution is 5.96. The fourth-order valence-electron chi connectivity index (χ4n) is 3.31. The summed E-state index contributed by atoms with van der Waals surface area (Å²) in [5.74, 6) is 2.43. The van der Waals surface area contributed by atoms with Crippen molar-refractivity contribution in [2.75, 3.05) is 36.4 Å². The summed E-state index contributed by atoms with van der Waals surface area (Å²) in [6.07, 6.45) is 2.43. The fraction of sp³-hybridized carbons (Fsp3) is 0.556. The molecule has 2 aromatic heterocycles. The summed E-state index contributed by atoms with van der Waals surface area (Å²) in [7, 11) is 1.84. The molecule has 3 heterocycles. The highest BCUT2D eigenvalue weighted by Gasteiger charge is 2.17. The second kappa shape index (κ2) is 7.72. The lowest BCUT2D eigenvalue weighted by molar-refractivity contribution is 0.0954. The maximum Gasteiger partial charge on any atom is 0.255 e. The van der Waals surface area contributed by atoms with Gasteiger partial charge in [-0.1, -0.05) is 0 Å². The molecule has 1 saturated heterocycles. The Bertz CT molecular complexity index is 793. The van der Waals surface area contributed by atoms with E-state index in [2.05, 4.69) is 30.6 Å². The van der Waals surface area contributed by atoms with Crippen molar-refractivity contribution in [2.24, 2.45) is 7.05 Å². The lowest BCUT2D eigenvalue weighted by Crippen LogP contribution is -2.29. The van der Waals surface area contributed by atoms with Crippen molar-refractivity contribution in [3.8, 4) is 0 Å². The molecule has 0 aliphatic carbocycles. The molecule has 26 heavy (non-hydrogen) atoms. The first-order valence-electron chi connectivity index (χ1n) is 9.08. The molecular formula is C18H27N7O. The number of aryl methyl sites for hydroxylation is 3. The average molecular weight is 357 g/mol. The Balaban J connectivity index is 1.54. The fourth-order valence-corrected chi connectivity index (χ4v) is 3.31. The van der Waals surface area contributed by atoms with Gasteiger partial charge in [-0.25, -0.2) is 9.97 Å². The molecule has 8 heteroatoms.